The van der Waals surface area contributed by atoms with E-state index in [-0.39, 0.29) is 18.4 Å². The molecular formula is C18H20ClN3O2. The maximum absolute atomic E-state index is 11.9. The molecule has 0 unspecified atom stereocenters. The molecule has 0 radical (unpaired) electrons. The van der Waals surface area contributed by atoms with Crippen LogP contribution in [0.15, 0.2) is 48.5 Å². The van der Waals surface area contributed by atoms with Gasteiger partial charge in [0.15, 0.2) is 0 Å². The molecule has 0 saturated carbocycles. The number of carbonyl (C=O) groups is 2. The Bertz CT molecular complexity index is 702. The predicted octanol–water partition coefficient (Wildman–Crippen LogP) is 3.53. The number of hydrogen-bond donors (Lipinski definition) is 3. The summed E-state index contributed by atoms with van der Waals surface area (Å²) in [6.45, 7) is 2.78. The molecule has 0 aliphatic heterocycles. The maximum atomic E-state index is 11.9. The van der Waals surface area contributed by atoms with Crippen LogP contribution < -0.4 is 16.0 Å². The summed E-state index contributed by atoms with van der Waals surface area (Å²) < 4.78 is 0. The van der Waals surface area contributed by atoms with Crippen LogP contribution in [-0.4, -0.2) is 24.9 Å². The van der Waals surface area contributed by atoms with Crippen LogP contribution >= 0.6 is 11.6 Å². The van der Waals surface area contributed by atoms with Crippen molar-refractivity contribution in [3.05, 3.63) is 59.1 Å². The molecule has 0 aliphatic rings. The quantitative estimate of drug-likeness (QED) is 0.719. The van der Waals surface area contributed by atoms with Crippen LogP contribution in [0.4, 0.5) is 11.4 Å². The molecule has 0 aromatic heterocycles. The van der Waals surface area contributed by atoms with Gasteiger partial charge in [0, 0.05) is 28.5 Å². The normalized spacial score (nSPS) is 10.1. The molecule has 2 aromatic carbocycles. The van der Waals surface area contributed by atoms with E-state index in [2.05, 4.69) is 16.0 Å². The van der Waals surface area contributed by atoms with Crippen molar-refractivity contribution in [3.8, 4) is 0 Å². The maximum Gasteiger partial charge on any atom is 0.251 e. The standard InChI is InChI=1S/C18H20ClN3O2/c1-2-10-20-18(24)13-6-8-15(9-7-13)21-12-17(23)22-16-5-3-4-14(19)11-16/h3-9,11,21H,2,10,12H2,1H3,(H,20,24)(H,22,23). The van der Waals surface area contributed by atoms with Crippen molar-refractivity contribution < 1.29 is 9.59 Å². The molecule has 2 aromatic rings. The highest BCUT2D eigenvalue weighted by Crippen LogP contribution is 2.15. The van der Waals surface area contributed by atoms with Gasteiger partial charge in [-0.25, -0.2) is 0 Å². The first-order valence-electron chi connectivity index (χ1n) is 7.76. The average Bonchev–Trinajstić information content (AvgIpc) is 2.58. The average molecular weight is 346 g/mol. The molecule has 0 saturated heterocycles. The van der Waals surface area contributed by atoms with Gasteiger partial charge in [0.05, 0.1) is 6.54 Å². The SMILES string of the molecule is CCCNC(=O)c1ccc(NCC(=O)Nc2cccc(Cl)c2)cc1. The van der Waals surface area contributed by atoms with E-state index in [1.54, 1.807) is 48.5 Å². The number of nitrogens with one attached hydrogen (secondary N) is 3. The number of rotatable bonds is 7. The minimum absolute atomic E-state index is 0.0953. The van der Waals surface area contributed by atoms with Crippen molar-refractivity contribution in [2.45, 2.75) is 13.3 Å². The highest BCUT2D eigenvalue weighted by molar-refractivity contribution is 6.30. The number of carbonyl (C=O) groups excluding carboxylic acids is 2. The Morgan fingerprint density at radius 3 is 2.46 bits per heavy atom. The Labute approximate surface area is 146 Å². The number of benzene rings is 2. The van der Waals surface area contributed by atoms with Crippen molar-refractivity contribution >= 4 is 34.8 Å². The Hall–Kier alpha value is -2.53. The Morgan fingerprint density at radius 1 is 1.04 bits per heavy atom. The zero-order valence-corrected chi connectivity index (χ0v) is 14.2. The molecule has 3 N–H and O–H groups in total. The molecule has 0 heterocycles. The van der Waals surface area contributed by atoms with E-state index in [0.29, 0.717) is 22.8 Å². The monoisotopic (exact) mass is 345 g/mol. The van der Waals surface area contributed by atoms with Gasteiger partial charge in [-0.15, -0.1) is 0 Å². The van der Waals surface area contributed by atoms with E-state index < -0.39 is 0 Å². The van der Waals surface area contributed by atoms with E-state index in [9.17, 15) is 9.59 Å². The summed E-state index contributed by atoms with van der Waals surface area (Å²) in [5.41, 5.74) is 2.01. The summed E-state index contributed by atoms with van der Waals surface area (Å²) in [5, 5.41) is 9.15. The first kappa shape index (κ1) is 17.8. The van der Waals surface area contributed by atoms with Crippen molar-refractivity contribution in [2.24, 2.45) is 0 Å². The number of amides is 2. The summed E-state index contributed by atoms with van der Waals surface area (Å²) in [6.07, 6.45) is 0.896. The predicted molar refractivity (Wildman–Crippen MR) is 97.6 cm³/mol. The number of hydrogen-bond acceptors (Lipinski definition) is 3. The van der Waals surface area contributed by atoms with E-state index in [0.717, 1.165) is 12.1 Å². The van der Waals surface area contributed by atoms with Crippen molar-refractivity contribution in [2.75, 3.05) is 23.7 Å². The topological polar surface area (TPSA) is 70.2 Å². The van der Waals surface area contributed by atoms with E-state index in [4.69, 9.17) is 11.6 Å². The second-order valence-corrected chi connectivity index (χ2v) is 5.68. The second-order valence-electron chi connectivity index (χ2n) is 5.25. The Kier molecular flexibility index (Phi) is 6.63. The lowest BCUT2D eigenvalue weighted by molar-refractivity contribution is -0.114. The lowest BCUT2D eigenvalue weighted by Gasteiger charge is -2.09. The van der Waals surface area contributed by atoms with Crippen molar-refractivity contribution in [1.82, 2.24) is 5.32 Å². The van der Waals surface area contributed by atoms with Crippen molar-refractivity contribution in [1.29, 1.82) is 0 Å². The molecule has 2 amide bonds. The third-order valence-electron chi connectivity index (χ3n) is 3.24. The first-order chi connectivity index (χ1) is 11.6. The molecule has 5 nitrogen and oxygen atoms in total. The van der Waals surface area contributed by atoms with Gasteiger partial charge >= 0.3 is 0 Å². The summed E-state index contributed by atoms with van der Waals surface area (Å²) in [4.78, 5) is 23.7. The second kappa shape index (κ2) is 8.93. The van der Waals surface area contributed by atoms with Gasteiger partial charge in [0.2, 0.25) is 5.91 Å². The Morgan fingerprint density at radius 2 is 1.79 bits per heavy atom. The first-order valence-corrected chi connectivity index (χ1v) is 8.14. The molecule has 2 rings (SSSR count). The molecule has 6 heteroatoms. The molecule has 126 valence electrons. The van der Waals surface area contributed by atoms with Crippen LogP contribution in [0.3, 0.4) is 0 Å². The van der Waals surface area contributed by atoms with E-state index >= 15 is 0 Å². The minimum atomic E-state index is -0.179. The summed E-state index contributed by atoms with van der Waals surface area (Å²) >= 11 is 5.87. The van der Waals surface area contributed by atoms with E-state index in [1.165, 1.54) is 0 Å². The fraction of sp³-hybridized carbons (Fsp3) is 0.222. The molecule has 24 heavy (non-hydrogen) atoms. The highest BCUT2D eigenvalue weighted by atomic mass is 35.5. The molecular weight excluding hydrogens is 326 g/mol. The van der Waals surface area contributed by atoms with Crippen LogP contribution in [0, 0.1) is 0 Å². The van der Waals surface area contributed by atoms with Crippen LogP contribution in [0.2, 0.25) is 5.02 Å². The molecule has 0 bridgehead atoms. The fourth-order valence-corrected chi connectivity index (χ4v) is 2.22. The van der Waals surface area contributed by atoms with Gasteiger partial charge in [-0.2, -0.15) is 0 Å². The third kappa shape index (κ3) is 5.59. The lowest BCUT2D eigenvalue weighted by Crippen LogP contribution is -2.24. The van der Waals surface area contributed by atoms with Crippen molar-refractivity contribution in [3.63, 3.8) is 0 Å². The summed E-state index contributed by atoms with van der Waals surface area (Å²) in [7, 11) is 0. The van der Waals surface area contributed by atoms with Gasteiger partial charge in [0.25, 0.3) is 5.91 Å². The zero-order valence-electron chi connectivity index (χ0n) is 13.4. The summed E-state index contributed by atoms with van der Waals surface area (Å²) in [6, 6.07) is 14.0. The van der Waals surface area contributed by atoms with Crippen LogP contribution in [-0.2, 0) is 4.79 Å². The van der Waals surface area contributed by atoms with E-state index in [1.807, 2.05) is 6.92 Å². The largest absolute Gasteiger partial charge is 0.376 e. The van der Waals surface area contributed by atoms with Gasteiger partial charge in [0.1, 0.15) is 0 Å². The Balaban J connectivity index is 1.83. The smallest absolute Gasteiger partial charge is 0.251 e. The zero-order chi connectivity index (χ0) is 17.4. The van der Waals surface area contributed by atoms with Gasteiger partial charge < -0.3 is 16.0 Å². The molecule has 0 atom stereocenters. The number of anilines is 2. The third-order valence-corrected chi connectivity index (χ3v) is 3.48. The lowest BCUT2D eigenvalue weighted by atomic mass is 10.2. The van der Waals surface area contributed by atoms with Crippen LogP contribution in [0.1, 0.15) is 23.7 Å². The van der Waals surface area contributed by atoms with Crippen LogP contribution in [0.5, 0.6) is 0 Å². The summed E-state index contributed by atoms with van der Waals surface area (Å²) in [5.74, 6) is -0.274. The van der Waals surface area contributed by atoms with Gasteiger partial charge in [-0.3, -0.25) is 9.59 Å². The van der Waals surface area contributed by atoms with Crippen LogP contribution in [0.25, 0.3) is 0 Å². The highest BCUT2D eigenvalue weighted by Gasteiger charge is 2.05. The molecule has 0 spiro atoms. The van der Waals surface area contributed by atoms with Gasteiger partial charge in [-0.1, -0.05) is 24.6 Å². The minimum Gasteiger partial charge on any atom is -0.376 e. The fourth-order valence-electron chi connectivity index (χ4n) is 2.03. The van der Waals surface area contributed by atoms with Gasteiger partial charge in [-0.05, 0) is 48.9 Å². The molecule has 0 fully saturated rings. The number of halogens is 1. The molecule has 0 aliphatic carbocycles.